The molecule has 0 aliphatic heterocycles. The van der Waals surface area contributed by atoms with E-state index in [1.165, 1.54) is 29.8 Å². The Morgan fingerprint density at radius 2 is 1.83 bits per heavy atom. The molecule has 0 heterocycles. The largest absolute Gasteiger partial charge is 0.478 e. The van der Waals surface area contributed by atoms with Crippen LogP contribution in [-0.2, 0) is 6.42 Å². The van der Waals surface area contributed by atoms with Crippen LogP contribution in [0.5, 0.6) is 0 Å². The SMILES string of the molecule is C[C@H](NC(=O)c1cc(F)cc2c1C(CCCc1ccc(Cl)cc1)CC=C2)c1ccc(C(=O)O)cc1. The van der Waals surface area contributed by atoms with Crippen molar-refractivity contribution in [1.29, 1.82) is 0 Å². The number of carbonyl (C=O) groups excluding carboxylic acids is 1. The second-order valence-corrected chi connectivity index (χ2v) is 9.37. The van der Waals surface area contributed by atoms with Crippen molar-refractivity contribution in [3.8, 4) is 0 Å². The number of nitrogens with one attached hydrogen (secondary N) is 1. The lowest BCUT2D eigenvalue weighted by atomic mass is 9.80. The van der Waals surface area contributed by atoms with Crippen molar-refractivity contribution < 1.29 is 19.1 Å². The van der Waals surface area contributed by atoms with Gasteiger partial charge in [0.05, 0.1) is 11.6 Å². The highest BCUT2D eigenvalue weighted by molar-refractivity contribution is 6.30. The maximum absolute atomic E-state index is 14.4. The average Bonchev–Trinajstić information content (AvgIpc) is 2.84. The molecule has 1 unspecified atom stereocenters. The zero-order valence-corrected chi connectivity index (χ0v) is 20.2. The Morgan fingerprint density at radius 1 is 1.11 bits per heavy atom. The van der Waals surface area contributed by atoms with Crippen molar-refractivity contribution in [2.45, 2.75) is 44.6 Å². The van der Waals surface area contributed by atoms with E-state index in [0.29, 0.717) is 10.6 Å². The molecule has 0 bridgehead atoms. The molecule has 2 atom stereocenters. The summed E-state index contributed by atoms with van der Waals surface area (Å²) in [4.78, 5) is 24.4. The maximum atomic E-state index is 14.4. The molecule has 1 aliphatic carbocycles. The first-order valence-corrected chi connectivity index (χ1v) is 12.1. The van der Waals surface area contributed by atoms with E-state index in [-0.39, 0.29) is 23.4 Å². The predicted molar refractivity (Wildman–Crippen MR) is 136 cm³/mol. The molecule has 180 valence electrons. The quantitative estimate of drug-likeness (QED) is 0.350. The van der Waals surface area contributed by atoms with Gasteiger partial charge in [0.25, 0.3) is 5.91 Å². The van der Waals surface area contributed by atoms with Gasteiger partial charge in [-0.05, 0) is 97.2 Å². The number of aromatic carboxylic acids is 1. The normalized spacial score (nSPS) is 15.3. The molecule has 0 saturated heterocycles. The van der Waals surface area contributed by atoms with Crippen LogP contribution < -0.4 is 5.32 Å². The first-order chi connectivity index (χ1) is 16.8. The van der Waals surface area contributed by atoms with E-state index >= 15 is 0 Å². The van der Waals surface area contributed by atoms with Gasteiger partial charge in [0, 0.05) is 10.6 Å². The Morgan fingerprint density at radius 3 is 2.51 bits per heavy atom. The van der Waals surface area contributed by atoms with Gasteiger partial charge < -0.3 is 10.4 Å². The van der Waals surface area contributed by atoms with E-state index in [1.807, 2.05) is 43.3 Å². The van der Waals surface area contributed by atoms with Gasteiger partial charge in [0.15, 0.2) is 0 Å². The van der Waals surface area contributed by atoms with Crippen LogP contribution >= 0.6 is 11.6 Å². The second kappa shape index (κ2) is 10.9. The van der Waals surface area contributed by atoms with Crippen molar-refractivity contribution in [3.63, 3.8) is 0 Å². The summed E-state index contributed by atoms with van der Waals surface area (Å²) in [5, 5.41) is 12.8. The van der Waals surface area contributed by atoms with Crippen LogP contribution in [-0.4, -0.2) is 17.0 Å². The number of fused-ring (bicyclic) bond motifs is 1. The maximum Gasteiger partial charge on any atom is 0.335 e. The molecule has 0 saturated carbocycles. The number of carboxylic acids is 1. The molecule has 4 nitrogen and oxygen atoms in total. The highest BCUT2D eigenvalue weighted by Crippen LogP contribution is 2.37. The van der Waals surface area contributed by atoms with Crippen LogP contribution in [0.15, 0.2) is 66.7 Å². The Bertz CT molecular complexity index is 1250. The van der Waals surface area contributed by atoms with Crippen molar-refractivity contribution in [1.82, 2.24) is 5.32 Å². The fraction of sp³-hybridized carbons (Fsp3) is 0.241. The lowest BCUT2D eigenvalue weighted by Gasteiger charge is -2.25. The zero-order chi connectivity index (χ0) is 24.9. The number of allylic oxidation sites excluding steroid dienone is 1. The van der Waals surface area contributed by atoms with Crippen LogP contribution in [0.2, 0.25) is 5.02 Å². The van der Waals surface area contributed by atoms with Crippen LogP contribution in [0.25, 0.3) is 6.08 Å². The van der Waals surface area contributed by atoms with Crippen LogP contribution in [0.1, 0.15) is 81.1 Å². The van der Waals surface area contributed by atoms with Gasteiger partial charge in [0.1, 0.15) is 5.82 Å². The Hall–Kier alpha value is -3.44. The van der Waals surface area contributed by atoms with E-state index in [1.54, 1.807) is 12.1 Å². The summed E-state index contributed by atoms with van der Waals surface area (Å²) in [5.74, 6) is -1.67. The van der Waals surface area contributed by atoms with Crippen molar-refractivity contribution in [2.24, 2.45) is 0 Å². The second-order valence-electron chi connectivity index (χ2n) is 8.93. The third kappa shape index (κ3) is 5.98. The number of carboxylic acid groups (broad SMARTS) is 1. The Labute approximate surface area is 209 Å². The molecular formula is C29H27ClFNO3. The van der Waals surface area contributed by atoms with E-state index in [9.17, 15) is 14.0 Å². The third-order valence-corrected chi connectivity index (χ3v) is 6.74. The highest BCUT2D eigenvalue weighted by atomic mass is 35.5. The van der Waals surface area contributed by atoms with Crippen molar-refractivity contribution >= 4 is 29.6 Å². The van der Waals surface area contributed by atoms with E-state index in [0.717, 1.165) is 42.4 Å². The minimum Gasteiger partial charge on any atom is -0.478 e. The van der Waals surface area contributed by atoms with Crippen LogP contribution in [0.4, 0.5) is 4.39 Å². The molecule has 1 aliphatic rings. The lowest BCUT2D eigenvalue weighted by molar-refractivity contribution is 0.0696. The topological polar surface area (TPSA) is 66.4 Å². The van der Waals surface area contributed by atoms with Gasteiger partial charge in [-0.3, -0.25) is 4.79 Å². The summed E-state index contributed by atoms with van der Waals surface area (Å²) in [6, 6.07) is 16.6. The number of rotatable bonds is 8. The monoisotopic (exact) mass is 491 g/mol. The van der Waals surface area contributed by atoms with Gasteiger partial charge in [-0.25, -0.2) is 9.18 Å². The fourth-order valence-corrected chi connectivity index (χ4v) is 4.76. The van der Waals surface area contributed by atoms with Crippen molar-refractivity contribution in [2.75, 3.05) is 0 Å². The van der Waals surface area contributed by atoms with Gasteiger partial charge in [-0.15, -0.1) is 0 Å². The van der Waals surface area contributed by atoms with Crippen molar-refractivity contribution in [3.05, 3.63) is 111 Å². The first kappa shape index (κ1) is 24.7. The first-order valence-electron chi connectivity index (χ1n) is 11.7. The zero-order valence-electron chi connectivity index (χ0n) is 19.4. The number of hydrogen-bond acceptors (Lipinski definition) is 2. The van der Waals surface area contributed by atoms with Gasteiger partial charge in [0.2, 0.25) is 0 Å². The van der Waals surface area contributed by atoms with Gasteiger partial charge >= 0.3 is 5.97 Å². The molecule has 35 heavy (non-hydrogen) atoms. The van der Waals surface area contributed by atoms with Gasteiger partial charge in [-0.2, -0.15) is 0 Å². The molecule has 0 fully saturated rings. The molecule has 2 N–H and O–H groups in total. The summed E-state index contributed by atoms with van der Waals surface area (Å²) >= 11 is 5.98. The Kier molecular flexibility index (Phi) is 7.67. The number of benzene rings is 3. The third-order valence-electron chi connectivity index (χ3n) is 6.48. The minimum absolute atomic E-state index is 0.119. The van der Waals surface area contributed by atoms with E-state index in [4.69, 9.17) is 16.7 Å². The summed E-state index contributed by atoms with van der Waals surface area (Å²) in [6.45, 7) is 1.82. The summed E-state index contributed by atoms with van der Waals surface area (Å²) < 4.78 is 14.4. The van der Waals surface area contributed by atoms with E-state index in [2.05, 4.69) is 5.32 Å². The summed E-state index contributed by atoms with van der Waals surface area (Å²) in [7, 11) is 0. The smallest absolute Gasteiger partial charge is 0.335 e. The van der Waals surface area contributed by atoms with Crippen LogP contribution in [0, 0.1) is 5.82 Å². The average molecular weight is 492 g/mol. The highest BCUT2D eigenvalue weighted by Gasteiger charge is 2.25. The summed E-state index contributed by atoms with van der Waals surface area (Å²) in [6.07, 6.45) is 7.44. The fourth-order valence-electron chi connectivity index (χ4n) is 4.64. The minimum atomic E-state index is -1.00. The number of amides is 1. The molecule has 4 rings (SSSR count). The number of aryl methyl sites for hydroxylation is 1. The molecule has 0 aromatic heterocycles. The summed E-state index contributed by atoms with van der Waals surface area (Å²) in [5.41, 5.74) is 4.15. The number of carbonyl (C=O) groups is 2. The molecular weight excluding hydrogens is 465 g/mol. The molecule has 6 heteroatoms. The van der Waals surface area contributed by atoms with Gasteiger partial charge in [-0.1, -0.05) is 48.0 Å². The van der Waals surface area contributed by atoms with E-state index < -0.39 is 11.8 Å². The Balaban J connectivity index is 1.51. The molecule has 1 amide bonds. The predicted octanol–water partition coefficient (Wildman–Crippen LogP) is 7.19. The molecule has 3 aromatic rings. The lowest BCUT2D eigenvalue weighted by Crippen LogP contribution is -2.28. The molecule has 0 spiro atoms. The number of halogens is 2. The molecule has 0 radical (unpaired) electrons. The van der Waals surface area contributed by atoms with Crippen LogP contribution in [0.3, 0.4) is 0 Å². The standard InChI is InChI=1S/C29H27ClFNO3/c1-18(20-10-12-22(13-11-20)29(34)35)32-28(33)26-17-25(31)16-23-7-3-6-21(27(23)26)5-2-4-19-8-14-24(30)15-9-19/h3,7-18,21H,2,4-6H2,1H3,(H,32,33)(H,34,35)/t18-,21?/m0/s1. The number of hydrogen-bond donors (Lipinski definition) is 2. The molecule has 3 aromatic carbocycles.